The van der Waals surface area contributed by atoms with Gasteiger partial charge in [-0.2, -0.15) is 0 Å². The Morgan fingerprint density at radius 3 is 1.46 bits per heavy atom. The van der Waals surface area contributed by atoms with Gasteiger partial charge in [-0.25, -0.2) is 0 Å². The first kappa shape index (κ1) is 17.0. The average Bonchev–Trinajstić information content (AvgIpc) is 2.45. The lowest BCUT2D eigenvalue weighted by atomic mass is 10.1. The van der Waals surface area contributed by atoms with Crippen LogP contribution in [-0.2, 0) is 0 Å². The number of benzene rings is 3. The van der Waals surface area contributed by atoms with Crippen molar-refractivity contribution in [1.29, 1.82) is 0 Å². The fourth-order valence-corrected chi connectivity index (χ4v) is 3.75. The minimum atomic E-state index is 1.19. The van der Waals surface area contributed by atoms with E-state index in [4.69, 9.17) is 0 Å². The molecule has 2 heteroatoms. The lowest BCUT2D eigenvalue weighted by Crippen LogP contribution is -2.11. The molecule has 0 saturated carbocycles. The summed E-state index contributed by atoms with van der Waals surface area (Å²) in [5.41, 5.74) is 8.74. The maximum Gasteiger partial charge on any atom is 0.0472 e. The van der Waals surface area contributed by atoms with Crippen LogP contribution >= 0.6 is 22.6 Å². The third-order valence-electron chi connectivity index (χ3n) is 4.00. The van der Waals surface area contributed by atoms with Crippen molar-refractivity contribution >= 4 is 39.7 Å². The van der Waals surface area contributed by atoms with Gasteiger partial charge in [0.25, 0.3) is 0 Å². The molecule has 0 aromatic heterocycles. The molecule has 3 aromatic carbocycles. The van der Waals surface area contributed by atoms with Crippen LogP contribution in [0.15, 0.2) is 60.7 Å². The third kappa shape index (κ3) is 3.81. The summed E-state index contributed by atoms with van der Waals surface area (Å²) in [7, 11) is 0. The van der Waals surface area contributed by atoms with E-state index >= 15 is 0 Å². The molecule has 0 spiro atoms. The molecule has 0 fully saturated rings. The summed E-state index contributed by atoms with van der Waals surface area (Å²) in [6.45, 7) is 8.63. The highest BCUT2D eigenvalue weighted by Gasteiger charge is 2.14. The predicted molar refractivity (Wildman–Crippen MR) is 113 cm³/mol. The monoisotopic (exact) mass is 427 g/mol. The number of aryl methyl sites for hydroxylation is 4. The van der Waals surface area contributed by atoms with Crippen molar-refractivity contribution in [2.24, 2.45) is 0 Å². The number of rotatable bonds is 3. The van der Waals surface area contributed by atoms with Gasteiger partial charge in [0.15, 0.2) is 0 Å². The average molecular weight is 427 g/mol. The molecule has 1 nitrogen and oxygen atoms in total. The zero-order valence-corrected chi connectivity index (χ0v) is 16.8. The van der Waals surface area contributed by atoms with Crippen molar-refractivity contribution in [2.75, 3.05) is 4.90 Å². The molecule has 0 radical (unpaired) electrons. The topological polar surface area (TPSA) is 3.24 Å². The van der Waals surface area contributed by atoms with Crippen LogP contribution in [0.4, 0.5) is 17.1 Å². The quantitative estimate of drug-likeness (QED) is 0.407. The number of hydrogen-bond donors (Lipinski definition) is 0. The van der Waals surface area contributed by atoms with Gasteiger partial charge in [-0.15, -0.1) is 0 Å². The minimum absolute atomic E-state index is 1.19. The van der Waals surface area contributed by atoms with Crippen LogP contribution < -0.4 is 4.90 Å². The number of hydrogen-bond acceptors (Lipinski definition) is 1. The molecule has 0 aliphatic heterocycles. The summed E-state index contributed by atoms with van der Waals surface area (Å²) in [5.74, 6) is 0. The van der Waals surface area contributed by atoms with Gasteiger partial charge in [-0.05, 0) is 115 Å². The van der Waals surface area contributed by atoms with E-state index in [9.17, 15) is 0 Å². The minimum Gasteiger partial charge on any atom is -0.310 e. The van der Waals surface area contributed by atoms with Crippen LogP contribution in [0.25, 0.3) is 0 Å². The normalized spacial score (nSPS) is 10.7. The Hall–Kier alpha value is -1.81. The van der Waals surface area contributed by atoms with Gasteiger partial charge in [0.05, 0.1) is 0 Å². The highest BCUT2D eigenvalue weighted by atomic mass is 127. The van der Waals surface area contributed by atoms with Gasteiger partial charge < -0.3 is 4.90 Å². The Morgan fingerprint density at radius 1 is 0.583 bits per heavy atom. The first-order chi connectivity index (χ1) is 11.4. The van der Waals surface area contributed by atoms with Gasteiger partial charge in [0, 0.05) is 20.6 Å². The van der Waals surface area contributed by atoms with E-state index in [1.54, 1.807) is 0 Å². The molecule has 0 heterocycles. The zero-order chi connectivity index (χ0) is 17.3. The zero-order valence-electron chi connectivity index (χ0n) is 14.6. The molecular weight excluding hydrogens is 405 g/mol. The Labute approximate surface area is 158 Å². The Bertz CT molecular complexity index is 791. The van der Waals surface area contributed by atoms with Crippen molar-refractivity contribution in [3.05, 3.63) is 86.5 Å². The second-order valence-corrected chi connectivity index (χ2v) is 7.75. The largest absolute Gasteiger partial charge is 0.310 e. The highest BCUT2D eigenvalue weighted by molar-refractivity contribution is 14.1. The molecule has 24 heavy (non-hydrogen) atoms. The molecule has 0 aliphatic rings. The molecule has 0 atom stereocenters. The van der Waals surface area contributed by atoms with E-state index in [0.717, 1.165) is 0 Å². The molecular formula is C22H22IN. The third-order valence-corrected chi connectivity index (χ3v) is 4.67. The van der Waals surface area contributed by atoms with Crippen LogP contribution in [0.5, 0.6) is 0 Å². The van der Waals surface area contributed by atoms with Crippen molar-refractivity contribution in [3.63, 3.8) is 0 Å². The molecule has 122 valence electrons. The van der Waals surface area contributed by atoms with Crippen LogP contribution in [0, 0.1) is 31.3 Å². The Balaban J connectivity index is 2.24. The van der Waals surface area contributed by atoms with Crippen molar-refractivity contribution in [2.45, 2.75) is 27.7 Å². The van der Waals surface area contributed by atoms with E-state index < -0.39 is 0 Å². The summed E-state index contributed by atoms with van der Waals surface area (Å²) >= 11 is 2.38. The van der Waals surface area contributed by atoms with Gasteiger partial charge in [-0.1, -0.05) is 18.2 Å². The summed E-state index contributed by atoms with van der Waals surface area (Å²) < 4.78 is 1.24. The molecule has 0 unspecified atom stereocenters. The maximum atomic E-state index is 2.38. The van der Waals surface area contributed by atoms with Crippen molar-refractivity contribution < 1.29 is 0 Å². The summed E-state index contributed by atoms with van der Waals surface area (Å²) in [6, 6.07) is 22.1. The molecule has 0 amide bonds. The lowest BCUT2D eigenvalue weighted by Gasteiger charge is -2.27. The smallest absolute Gasteiger partial charge is 0.0472 e. The number of halogens is 1. The van der Waals surface area contributed by atoms with E-state index in [2.05, 4.69) is 116 Å². The molecule has 0 aliphatic carbocycles. The highest BCUT2D eigenvalue weighted by Crippen LogP contribution is 2.36. The van der Waals surface area contributed by atoms with E-state index in [-0.39, 0.29) is 0 Å². The lowest BCUT2D eigenvalue weighted by molar-refractivity contribution is 1.23. The van der Waals surface area contributed by atoms with E-state index in [0.29, 0.717) is 0 Å². The number of nitrogens with zero attached hydrogens (tertiary/aromatic N) is 1. The Kier molecular flexibility index (Phi) is 4.95. The maximum absolute atomic E-state index is 2.38. The van der Waals surface area contributed by atoms with Crippen LogP contribution in [0.3, 0.4) is 0 Å². The summed E-state index contributed by atoms with van der Waals surface area (Å²) in [5, 5.41) is 0. The fourth-order valence-electron chi connectivity index (χ4n) is 3.22. The van der Waals surface area contributed by atoms with Crippen LogP contribution in [-0.4, -0.2) is 0 Å². The first-order valence-electron chi connectivity index (χ1n) is 8.15. The molecule has 0 N–H and O–H groups in total. The van der Waals surface area contributed by atoms with Gasteiger partial charge in [-0.3, -0.25) is 0 Å². The van der Waals surface area contributed by atoms with Crippen molar-refractivity contribution in [3.8, 4) is 0 Å². The molecule has 0 saturated heterocycles. The van der Waals surface area contributed by atoms with E-state index in [1.807, 2.05) is 0 Å². The molecule has 0 bridgehead atoms. The van der Waals surface area contributed by atoms with E-state index in [1.165, 1.54) is 42.9 Å². The van der Waals surface area contributed by atoms with Crippen LogP contribution in [0.2, 0.25) is 0 Å². The predicted octanol–water partition coefficient (Wildman–Crippen LogP) is 6.99. The van der Waals surface area contributed by atoms with Gasteiger partial charge in [0.2, 0.25) is 0 Å². The summed E-state index contributed by atoms with van der Waals surface area (Å²) in [4.78, 5) is 2.35. The standard InChI is InChI=1S/C22H22IN/c1-15-8-16(2)11-21(10-15)24(20-7-5-6-19(23)14-20)22-12-17(3)9-18(4)13-22/h5-14H,1-4H3. The van der Waals surface area contributed by atoms with Gasteiger partial charge >= 0.3 is 0 Å². The first-order valence-corrected chi connectivity index (χ1v) is 9.22. The molecule has 3 rings (SSSR count). The van der Waals surface area contributed by atoms with Crippen molar-refractivity contribution in [1.82, 2.24) is 0 Å². The fraction of sp³-hybridized carbons (Fsp3) is 0.182. The second-order valence-electron chi connectivity index (χ2n) is 6.51. The molecule has 3 aromatic rings. The Morgan fingerprint density at radius 2 is 1.04 bits per heavy atom. The van der Waals surface area contributed by atoms with Gasteiger partial charge in [0.1, 0.15) is 0 Å². The number of anilines is 3. The SMILES string of the molecule is Cc1cc(C)cc(N(c2cc(C)cc(C)c2)c2cccc(I)c2)c1. The second kappa shape index (κ2) is 6.98. The van der Waals surface area contributed by atoms with Crippen LogP contribution in [0.1, 0.15) is 22.3 Å². The summed E-state index contributed by atoms with van der Waals surface area (Å²) in [6.07, 6.45) is 0.